The number of rotatable bonds is 2. The van der Waals surface area contributed by atoms with Crippen LogP contribution in [0.15, 0.2) is 51.7 Å². The number of hydrogen-bond acceptors (Lipinski definition) is 5. The van der Waals surface area contributed by atoms with Crippen molar-refractivity contribution in [1.82, 2.24) is 4.90 Å². The van der Waals surface area contributed by atoms with Gasteiger partial charge in [0.1, 0.15) is 5.58 Å². The number of carbonyl (C=O) groups is 1. The second-order valence-electron chi connectivity index (χ2n) is 8.19. The van der Waals surface area contributed by atoms with E-state index in [0.29, 0.717) is 23.0 Å². The summed E-state index contributed by atoms with van der Waals surface area (Å²) in [4.78, 5) is 28.5. The first kappa shape index (κ1) is 19.1. The Bertz CT molecular complexity index is 1360. The Hall–Kier alpha value is -2.93. The Morgan fingerprint density at radius 1 is 1.03 bits per heavy atom. The van der Waals surface area contributed by atoms with E-state index in [1.807, 2.05) is 44.2 Å². The van der Waals surface area contributed by atoms with E-state index in [0.717, 1.165) is 16.7 Å². The molecule has 2 unspecified atom stereocenters. The van der Waals surface area contributed by atoms with E-state index in [9.17, 15) is 18.0 Å². The van der Waals surface area contributed by atoms with Crippen LogP contribution in [-0.4, -0.2) is 36.8 Å². The molecule has 3 aromatic rings. The molecule has 1 amide bonds. The normalized spacial score (nSPS) is 22.6. The van der Waals surface area contributed by atoms with Crippen molar-refractivity contribution >= 4 is 26.7 Å². The Labute approximate surface area is 174 Å². The average Bonchev–Trinajstić information content (AvgIpc) is 3.21. The van der Waals surface area contributed by atoms with Crippen molar-refractivity contribution in [2.75, 3.05) is 11.5 Å². The molecule has 5 rings (SSSR count). The summed E-state index contributed by atoms with van der Waals surface area (Å²) in [5.74, 6) is -0.449. The highest BCUT2D eigenvalue weighted by atomic mass is 32.2. The molecule has 1 fully saturated rings. The minimum absolute atomic E-state index is 0.0221. The lowest BCUT2D eigenvalue weighted by Crippen LogP contribution is -2.40. The largest absolute Gasteiger partial charge is 0.450 e. The van der Waals surface area contributed by atoms with Crippen LogP contribution in [0.5, 0.6) is 0 Å². The third-order valence-corrected chi connectivity index (χ3v) is 7.99. The third-order valence-electron chi connectivity index (χ3n) is 6.24. The molecule has 2 aliphatic heterocycles. The van der Waals surface area contributed by atoms with E-state index in [1.165, 1.54) is 0 Å². The monoisotopic (exact) mass is 423 g/mol. The standard InChI is InChI=1S/C23H21NO5S/c1-13-10-17-18(11-14(13)2)29-22-19(21(17)25)20(15-6-4-3-5-7-15)24(23(22)26)16-8-9-30(27,28)12-16/h3-7,10-11,16,20H,8-9,12H2,1-2H3. The maximum Gasteiger partial charge on any atom is 0.291 e. The lowest BCUT2D eigenvalue weighted by molar-refractivity contribution is 0.0662. The first-order chi connectivity index (χ1) is 14.3. The van der Waals surface area contributed by atoms with Gasteiger partial charge in [0, 0.05) is 6.04 Å². The summed E-state index contributed by atoms with van der Waals surface area (Å²) in [5, 5.41) is 0.437. The first-order valence-corrected chi connectivity index (χ1v) is 11.7. The predicted octanol–water partition coefficient (Wildman–Crippen LogP) is 3.14. The topological polar surface area (TPSA) is 84.7 Å². The molecule has 1 saturated heterocycles. The van der Waals surface area contributed by atoms with Crippen LogP contribution in [0.2, 0.25) is 0 Å². The lowest BCUT2D eigenvalue weighted by Gasteiger charge is -2.30. The van der Waals surface area contributed by atoms with Gasteiger partial charge in [0.2, 0.25) is 5.76 Å². The zero-order valence-electron chi connectivity index (χ0n) is 16.7. The summed E-state index contributed by atoms with van der Waals surface area (Å²) in [6, 6.07) is 11.7. The van der Waals surface area contributed by atoms with Gasteiger partial charge >= 0.3 is 0 Å². The molecule has 3 heterocycles. The van der Waals surface area contributed by atoms with Crippen LogP contribution >= 0.6 is 0 Å². The maximum absolute atomic E-state index is 13.5. The third kappa shape index (κ3) is 2.80. The fourth-order valence-corrected chi connectivity index (χ4v) is 6.29. The van der Waals surface area contributed by atoms with Crippen LogP contribution in [-0.2, 0) is 9.84 Å². The van der Waals surface area contributed by atoms with Crippen LogP contribution in [0.1, 0.15) is 45.3 Å². The highest BCUT2D eigenvalue weighted by Gasteiger charge is 2.48. The van der Waals surface area contributed by atoms with Crippen LogP contribution < -0.4 is 5.43 Å². The van der Waals surface area contributed by atoms with E-state index < -0.39 is 27.8 Å². The van der Waals surface area contributed by atoms with Gasteiger partial charge in [-0.3, -0.25) is 9.59 Å². The van der Waals surface area contributed by atoms with Gasteiger partial charge < -0.3 is 9.32 Å². The van der Waals surface area contributed by atoms with E-state index in [4.69, 9.17) is 4.42 Å². The smallest absolute Gasteiger partial charge is 0.291 e. The van der Waals surface area contributed by atoms with Crippen molar-refractivity contribution in [1.29, 1.82) is 0 Å². The number of benzene rings is 2. The van der Waals surface area contributed by atoms with Gasteiger partial charge in [-0.05, 0) is 49.1 Å². The SMILES string of the molecule is Cc1cc2oc3c(c(=O)c2cc1C)C(c1ccccc1)N(C1CCS(=O)(=O)C1)C3=O. The number of fused-ring (bicyclic) bond motifs is 2. The summed E-state index contributed by atoms with van der Waals surface area (Å²) in [6.45, 7) is 3.85. The molecule has 2 aliphatic rings. The molecule has 0 saturated carbocycles. The van der Waals surface area contributed by atoms with Gasteiger partial charge in [0.15, 0.2) is 15.3 Å². The molecule has 0 radical (unpaired) electrons. The van der Waals surface area contributed by atoms with Crippen molar-refractivity contribution in [2.24, 2.45) is 0 Å². The quantitative estimate of drug-likeness (QED) is 0.632. The highest BCUT2D eigenvalue weighted by molar-refractivity contribution is 7.91. The van der Waals surface area contributed by atoms with Crippen molar-refractivity contribution in [3.63, 3.8) is 0 Å². The van der Waals surface area contributed by atoms with Crippen molar-refractivity contribution in [3.05, 3.63) is 80.7 Å². The first-order valence-electron chi connectivity index (χ1n) is 9.93. The van der Waals surface area contributed by atoms with E-state index in [1.54, 1.807) is 17.0 Å². The maximum atomic E-state index is 13.5. The summed E-state index contributed by atoms with van der Waals surface area (Å²) in [7, 11) is -3.21. The van der Waals surface area contributed by atoms with E-state index >= 15 is 0 Å². The molecule has 6 nitrogen and oxygen atoms in total. The fourth-order valence-electron chi connectivity index (χ4n) is 4.58. The van der Waals surface area contributed by atoms with Crippen LogP contribution in [0, 0.1) is 13.8 Å². The van der Waals surface area contributed by atoms with Crippen molar-refractivity contribution < 1.29 is 17.6 Å². The zero-order chi connectivity index (χ0) is 21.2. The lowest BCUT2D eigenvalue weighted by atomic mass is 9.97. The van der Waals surface area contributed by atoms with E-state index in [-0.39, 0.29) is 22.7 Å². The van der Waals surface area contributed by atoms with Crippen molar-refractivity contribution in [3.8, 4) is 0 Å². The molecular weight excluding hydrogens is 402 g/mol. The zero-order valence-corrected chi connectivity index (χ0v) is 17.5. The summed E-state index contributed by atoms with van der Waals surface area (Å²) < 4.78 is 30.2. The molecule has 30 heavy (non-hydrogen) atoms. The van der Waals surface area contributed by atoms with Crippen LogP contribution in [0.25, 0.3) is 11.0 Å². The number of sulfone groups is 1. The Morgan fingerprint density at radius 2 is 1.73 bits per heavy atom. The van der Waals surface area contributed by atoms with Crippen molar-refractivity contribution in [2.45, 2.75) is 32.4 Å². The molecular formula is C23H21NO5S. The summed E-state index contributed by atoms with van der Waals surface area (Å²) >= 11 is 0. The van der Waals surface area contributed by atoms with Gasteiger partial charge in [0.05, 0.1) is 28.5 Å². The number of aryl methyl sites for hydroxylation is 2. The van der Waals surface area contributed by atoms with Gasteiger partial charge in [-0.1, -0.05) is 30.3 Å². The van der Waals surface area contributed by atoms with E-state index in [2.05, 4.69) is 0 Å². The van der Waals surface area contributed by atoms with Crippen LogP contribution in [0.4, 0.5) is 0 Å². The summed E-state index contributed by atoms with van der Waals surface area (Å²) in [6.07, 6.45) is 0.358. The molecule has 7 heteroatoms. The predicted molar refractivity (Wildman–Crippen MR) is 113 cm³/mol. The fraction of sp³-hybridized carbons (Fsp3) is 0.304. The second-order valence-corrected chi connectivity index (χ2v) is 10.4. The van der Waals surface area contributed by atoms with Gasteiger partial charge in [-0.2, -0.15) is 0 Å². The Kier molecular flexibility index (Phi) is 4.15. The molecule has 0 aliphatic carbocycles. The second kappa shape index (κ2) is 6.54. The minimum Gasteiger partial charge on any atom is -0.450 e. The molecule has 0 N–H and O–H groups in total. The molecule has 1 aromatic heterocycles. The average molecular weight is 423 g/mol. The van der Waals surface area contributed by atoms with Crippen LogP contribution in [0.3, 0.4) is 0 Å². The highest BCUT2D eigenvalue weighted by Crippen LogP contribution is 2.41. The molecule has 0 spiro atoms. The molecule has 2 aromatic carbocycles. The number of amides is 1. The molecule has 2 atom stereocenters. The van der Waals surface area contributed by atoms with Gasteiger partial charge in [-0.25, -0.2) is 8.42 Å². The number of carbonyl (C=O) groups excluding carboxylic acids is 1. The minimum atomic E-state index is -3.21. The Balaban J connectivity index is 1.78. The molecule has 0 bridgehead atoms. The number of hydrogen-bond donors (Lipinski definition) is 0. The van der Waals surface area contributed by atoms with Gasteiger partial charge in [-0.15, -0.1) is 0 Å². The summed E-state index contributed by atoms with van der Waals surface area (Å²) in [5.41, 5.74) is 3.14. The number of nitrogens with zero attached hydrogens (tertiary/aromatic N) is 1. The van der Waals surface area contributed by atoms with Gasteiger partial charge in [0.25, 0.3) is 5.91 Å². The Morgan fingerprint density at radius 3 is 2.40 bits per heavy atom. The molecule has 154 valence electrons.